The summed E-state index contributed by atoms with van der Waals surface area (Å²) in [6, 6.07) is 7.62. The maximum atomic E-state index is 10.6. The average molecular weight is 265 g/mol. The minimum absolute atomic E-state index is 0.302. The van der Waals surface area contributed by atoms with Crippen molar-refractivity contribution in [2.75, 3.05) is 11.9 Å². The van der Waals surface area contributed by atoms with Gasteiger partial charge in [0.05, 0.1) is 0 Å². The second-order valence-corrected chi connectivity index (χ2v) is 4.24. The summed E-state index contributed by atoms with van der Waals surface area (Å²) >= 11 is 5.97. The third-order valence-electron chi connectivity index (χ3n) is 2.53. The molecule has 18 heavy (non-hydrogen) atoms. The number of carbonyl (C=O) groups excluding carboxylic acids is 1. The number of carbonyl (C=O) groups is 1. The largest absolute Gasteiger partial charge is 0.370 e. The Morgan fingerprint density at radius 2 is 2.00 bits per heavy atom. The third kappa shape index (κ3) is 2.87. The van der Waals surface area contributed by atoms with Crippen LogP contribution in [0, 0.1) is 0 Å². The van der Waals surface area contributed by atoms with Gasteiger partial charge in [0.15, 0.2) is 11.0 Å². The summed E-state index contributed by atoms with van der Waals surface area (Å²) in [6.07, 6.45) is 1.01. The highest BCUT2D eigenvalue weighted by atomic mass is 35.5. The fourth-order valence-electron chi connectivity index (χ4n) is 1.67. The first-order valence-electron chi connectivity index (χ1n) is 5.61. The molecule has 0 spiro atoms. The van der Waals surface area contributed by atoms with E-state index in [0.29, 0.717) is 30.4 Å². The van der Waals surface area contributed by atoms with Crippen LogP contribution in [0.1, 0.15) is 12.8 Å². The smallest absolute Gasteiger partial charge is 0.217 e. The molecule has 0 saturated carbocycles. The van der Waals surface area contributed by atoms with Crippen molar-refractivity contribution in [1.82, 2.24) is 10.2 Å². The van der Waals surface area contributed by atoms with E-state index in [9.17, 15) is 4.79 Å². The van der Waals surface area contributed by atoms with Gasteiger partial charge in [-0.2, -0.15) is 0 Å². The van der Waals surface area contributed by atoms with Crippen LogP contribution in [0.25, 0.3) is 10.8 Å². The van der Waals surface area contributed by atoms with Gasteiger partial charge in [-0.1, -0.05) is 35.9 Å². The lowest BCUT2D eigenvalue weighted by Gasteiger charge is -2.08. The molecule has 2 rings (SSSR count). The van der Waals surface area contributed by atoms with Gasteiger partial charge in [0.1, 0.15) is 0 Å². The van der Waals surface area contributed by atoms with E-state index < -0.39 is 0 Å². The van der Waals surface area contributed by atoms with Gasteiger partial charge in [-0.15, -0.1) is 10.2 Å². The molecule has 0 atom stereocenters. The van der Waals surface area contributed by atoms with Crippen LogP contribution >= 0.6 is 11.6 Å². The van der Waals surface area contributed by atoms with Crippen molar-refractivity contribution in [3.8, 4) is 0 Å². The molecule has 0 unspecified atom stereocenters. The molecule has 0 radical (unpaired) electrons. The zero-order chi connectivity index (χ0) is 13.0. The summed E-state index contributed by atoms with van der Waals surface area (Å²) in [7, 11) is 0. The number of halogens is 1. The molecule has 1 amide bonds. The molecule has 0 saturated heterocycles. The summed E-state index contributed by atoms with van der Waals surface area (Å²) < 4.78 is 0. The molecule has 6 heteroatoms. The van der Waals surface area contributed by atoms with E-state index in [4.69, 9.17) is 17.3 Å². The van der Waals surface area contributed by atoms with Crippen molar-refractivity contribution < 1.29 is 4.79 Å². The SMILES string of the molecule is NC(=O)CCCNc1nnc(Cl)c2ccccc12. The van der Waals surface area contributed by atoms with E-state index in [1.165, 1.54) is 0 Å². The van der Waals surface area contributed by atoms with Crippen LogP contribution in [0.2, 0.25) is 5.15 Å². The molecule has 2 aromatic rings. The summed E-state index contributed by atoms with van der Waals surface area (Å²) in [5.41, 5.74) is 5.07. The molecule has 5 nitrogen and oxygen atoms in total. The molecule has 0 fully saturated rings. The van der Waals surface area contributed by atoms with Crippen molar-refractivity contribution in [1.29, 1.82) is 0 Å². The number of fused-ring (bicyclic) bond motifs is 1. The van der Waals surface area contributed by atoms with Gasteiger partial charge in [-0.25, -0.2) is 0 Å². The maximum Gasteiger partial charge on any atom is 0.217 e. The van der Waals surface area contributed by atoms with Gasteiger partial charge in [-0.3, -0.25) is 4.79 Å². The molecule has 0 bridgehead atoms. The van der Waals surface area contributed by atoms with Crippen LogP contribution in [-0.2, 0) is 4.79 Å². The van der Waals surface area contributed by atoms with E-state index in [0.717, 1.165) is 10.8 Å². The predicted molar refractivity (Wildman–Crippen MR) is 71.5 cm³/mol. The van der Waals surface area contributed by atoms with Crippen LogP contribution in [0.5, 0.6) is 0 Å². The minimum Gasteiger partial charge on any atom is -0.370 e. The number of nitrogens with zero attached hydrogens (tertiary/aromatic N) is 2. The summed E-state index contributed by atoms with van der Waals surface area (Å²) in [5.74, 6) is 0.364. The van der Waals surface area contributed by atoms with Crippen LogP contribution in [0.3, 0.4) is 0 Å². The molecule has 1 aromatic heterocycles. The number of hydrogen-bond acceptors (Lipinski definition) is 4. The van der Waals surface area contributed by atoms with Crippen molar-refractivity contribution in [3.05, 3.63) is 29.4 Å². The number of primary amides is 1. The zero-order valence-corrected chi connectivity index (χ0v) is 10.4. The molecular weight excluding hydrogens is 252 g/mol. The number of benzene rings is 1. The quantitative estimate of drug-likeness (QED) is 0.809. The number of hydrogen-bond donors (Lipinski definition) is 2. The summed E-state index contributed by atoms with van der Waals surface area (Å²) in [6.45, 7) is 0.614. The molecule has 3 N–H and O–H groups in total. The van der Waals surface area contributed by atoms with Crippen LogP contribution in [0.4, 0.5) is 5.82 Å². The standard InChI is InChI=1S/C12H13ClN4O/c13-11-8-4-1-2-5-9(8)12(17-16-11)15-7-3-6-10(14)18/h1-2,4-5H,3,6-7H2,(H2,14,18)(H,15,17). The zero-order valence-electron chi connectivity index (χ0n) is 9.69. The molecule has 1 heterocycles. The monoisotopic (exact) mass is 264 g/mol. The Balaban J connectivity index is 2.14. The van der Waals surface area contributed by atoms with E-state index in [2.05, 4.69) is 15.5 Å². The third-order valence-corrected chi connectivity index (χ3v) is 2.81. The average Bonchev–Trinajstić information content (AvgIpc) is 2.37. The Morgan fingerprint density at radius 3 is 2.72 bits per heavy atom. The topological polar surface area (TPSA) is 80.9 Å². The van der Waals surface area contributed by atoms with Gasteiger partial charge in [0, 0.05) is 23.7 Å². The molecular formula is C12H13ClN4O. The Morgan fingerprint density at radius 1 is 1.28 bits per heavy atom. The Hall–Kier alpha value is -1.88. The first-order valence-corrected chi connectivity index (χ1v) is 5.99. The molecule has 0 aliphatic carbocycles. The number of rotatable bonds is 5. The van der Waals surface area contributed by atoms with Gasteiger partial charge >= 0.3 is 0 Å². The molecule has 0 aliphatic heterocycles. The summed E-state index contributed by atoms with van der Waals surface area (Å²) in [5, 5.41) is 13.2. The van der Waals surface area contributed by atoms with Crippen LogP contribution < -0.4 is 11.1 Å². The lowest BCUT2D eigenvalue weighted by atomic mass is 10.2. The lowest BCUT2D eigenvalue weighted by Crippen LogP contribution is -2.13. The maximum absolute atomic E-state index is 10.6. The van der Waals surface area contributed by atoms with E-state index in [1.807, 2.05) is 24.3 Å². The number of amides is 1. The van der Waals surface area contributed by atoms with Gasteiger partial charge in [0.25, 0.3) is 0 Å². The van der Waals surface area contributed by atoms with Crippen molar-refractivity contribution >= 4 is 34.1 Å². The minimum atomic E-state index is -0.302. The molecule has 1 aromatic carbocycles. The Bertz CT molecular complexity index is 573. The van der Waals surface area contributed by atoms with Crippen molar-refractivity contribution in [3.63, 3.8) is 0 Å². The predicted octanol–water partition coefficient (Wildman–Crippen LogP) is 1.96. The van der Waals surface area contributed by atoms with Crippen molar-refractivity contribution in [2.45, 2.75) is 12.8 Å². The fraction of sp³-hybridized carbons (Fsp3) is 0.250. The first kappa shape index (κ1) is 12.6. The van der Waals surface area contributed by atoms with Gasteiger partial charge < -0.3 is 11.1 Å². The number of aromatic nitrogens is 2. The van der Waals surface area contributed by atoms with Crippen molar-refractivity contribution in [2.24, 2.45) is 5.73 Å². The highest BCUT2D eigenvalue weighted by Crippen LogP contribution is 2.25. The van der Waals surface area contributed by atoms with E-state index in [-0.39, 0.29) is 5.91 Å². The van der Waals surface area contributed by atoms with Gasteiger partial charge in [0.2, 0.25) is 5.91 Å². The molecule has 94 valence electrons. The summed E-state index contributed by atoms with van der Waals surface area (Å²) in [4.78, 5) is 10.6. The van der Waals surface area contributed by atoms with E-state index >= 15 is 0 Å². The fourth-order valence-corrected chi connectivity index (χ4v) is 1.87. The molecule has 0 aliphatic rings. The Kier molecular flexibility index (Phi) is 3.94. The number of nitrogens with two attached hydrogens (primary N) is 1. The lowest BCUT2D eigenvalue weighted by molar-refractivity contribution is -0.118. The number of nitrogens with one attached hydrogen (secondary N) is 1. The second-order valence-electron chi connectivity index (χ2n) is 3.88. The Labute approximate surface area is 109 Å². The van der Waals surface area contributed by atoms with Gasteiger partial charge in [-0.05, 0) is 6.42 Å². The van der Waals surface area contributed by atoms with E-state index in [1.54, 1.807) is 0 Å². The highest BCUT2D eigenvalue weighted by Gasteiger charge is 2.06. The van der Waals surface area contributed by atoms with Crippen LogP contribution in [0.15, 0.2) is 24.3 Å². The second kappa shape index (κ2) is 5.64. The number of anilines is 1. The normalized spacial score (nSPS) is 10.5. The van der Waals surface area contributed by atoms with Crippen LogP contribution in [-0.4, -0.2) is 22.6 Å². The highest BCUT2D eigenvalue weighted by molar-refractivity contribution is 6.34. The first-order chi connectivity index (χ1) is 8.68.